The summed E-state index contributed by atoms with van der Waals surface area (Å²) in [6, 6.07) is 1.74. The first kappa shape index (κ1) is 10.7. The second-order valence-electron chi connectivity index (χ2n) is 2.90. The van der Waals surface area contributed by atoms with Crippen molar-refractivity contribution in [1.82, 2.24) is 9.78 Å². The highest BCUT2D eigenvalue weighted by molar-refractivity contribution is 5.69. The minimum absolute atomic E-state index is 0.0531. The highest BCUT2D eigenvalue weighted by atomic mass is 16.5. The summed E-state index contributed by atoms with van der Waals surface area (Å²) in [6.45, 7) is 3.84. The van der Waals surface area contributed by atoms with E-state index < -0.39 is 0 Å². The molecule has 0 aliphatic rings. The van der Waals surface area contributed by atoms with E-state index in [1.807, 2.05) is 0 Å². The number of ether oxygens (including phenoxy) is 1. The van der Waals surface area contributed by atoms with Crippen LogP contribution in [0, 0.1) is 6.92 Å². The van der Waals surface area contributed by atoms with Gasteiger partial charge in [0, 0.05) is 0 Å². The summed E-state index contributed by atoms with van der Waals surface area (Å²) in [4.78, 5) is 11.1. The lowest BCUT2D eigenvalue weighted by molar-refractivity contribution is -0.144. The molecule has 0 fully saturated rings. The number of hydrogen-bond donors (Lipinski definition) is 1. The van der Waals surface area contributed by atoms with Crippen LogP contribution in [0.1, 0.15) is 18.3 Å². The Bertz CT molecular complexity index is 320. The molecule has 0 aromatic carbocycles. The van der Waals surface area contributed by atoms with Crippen molar-refractivity contribution in [2.75, 3.05) is 6.61 Å². The van der Waals surface area contributed by atoms with Gasteiger partial charge < -0.3 is 9.84 Å². The van der Waals surface area contributed by atoms with Gasteiger partial charge in [0.1, 0.15) is 6.54 Å². The van der Waals surface area contributed by atoms with Gasteiger partial charge in [-0.05, 0) is 19.9 Å². The maximum absolute atomic E-state index is 11.1. The average Bonchev–Trinajstić information content (AvgIpc) is 2.46. The van der Waals surface area contributed by atoms with Crippen LogP contribution in [-0.4, -0.2) is 27.5 Å². The number of carbonyl (C=O) groups excluding carboxylic acids is 1. The Balaban J connectivity index is 2.70. The molecule has 1 aromatic rings. The number of nitrogens with zero attached hydrogens (tertiary/aromatic N) is 2. The molecule has 0 saturated carbocycles. The molecular weight excluding hydrogens is 184 g/mol. The number of aliphatic hydroxyl groups excluding tert-OH is 1. The smallest absolute Gasteiger partial charge is 0.327 e. The minimum atomic E-state index is -0.342. The molecule has 0 amide bonds. The van der Waals surface area contributed by atoms with Crippen LogP contribution in [0.5, 0.6) is 0 Å². The maximum atomic E-state index is 11.1. The predicted octanol–water partition coefficient (Wildman–Crippen LogP) is 0.247. The highest BCUT2D eigenvalue weighted by Gasteiger charge is 2.09. The van der Waals surface area contributed by atoms with Gasteiger partial charge in [-0.15, -0.1) is 0 Å². The number of esters is 1. The van der Waals surface area contributed by atoms with Crippen molar-refractivity contribution in [3.05, 3.63) is 17.5 Å². The molecule has 0 unspecified atom stereocenters. The Hall–Kier alpha value is -1.36. The Kier molecular flexibility index (Phi) is 3.64. The lowest BCUT2D eigenvalue weighted by Crippen LogP contribution is -2.16. The number of aryl methyl sites for hydroxylation is 1. The third kappa shape index (κ3) is 2.56. The predicted molar refractivity (Wildman–Crippen MR) is 49.5 cm³/mol. The summed E-state index contributed by atoms with van der Waals surface area (Å²) in [5.41, 5.74) is 1.40. The highest BCUT2D eigenvalue weighted by Crippen LogP contribution is 2.03. The number of aliphatic hydroxyl groups is 1. The van der Waals surface area contributed by atoms with Crippen molar-refractivity contribution in [3.63, 3.8) is 0 Å². The number of rotatable bonds is 4. The van der Waals surface area contributed by atoms with Crippen LogP contribution >= 0.6 is 0 Å². The lowest BCUT2D eigenvalue weighted by Gasteiger charge is -2.04. The van der Waals surface area contributed by atoms with Gasteiger partial charge in [0.25, 0.3) is 0 Å². The van der Waals surface area contributed by atoms with E-state index in [0.29, 0.717) is 12.3 Å². The molecule has 0 aliphatic carbocycles. The van der Waals surface area contributed by atoms with Crippen molar-refractivity contribution in [2.45, 2.75) is 27.0 Å². The zero-order chi connectivity index (χ0) is 10.6. The first-order valence-corrected chi connectivity index (χ1v) is 4.47. The van der Waals surface area contributed by atoms with E-state index in [1.165, 1.54) is 4.68 Å². The number of aromatic nitrogens is 2. The van der Waals surface area contributed by atoms with Crippen LogP contribution in [0.15, 0.2) is 6.07 Å². The molecule has 78 valence electrons. The van der Waals surface area contributed by atoms with Gasteiger partial charge in [-0.25, -0.2) is 0 Å². The molecule has 0 spiro atoms. The summed E-state index contributed by atoms with van der Waals surface area (Å²) >= 11 is 0. The largest absolute Gasteiger partial charge is 0.465 e. The Morgan fingerprint density at radius 3 is 3.00 bits per heavy atom. The molecule has 1 N–H and O–H groups in total. The van der Waals surface area contributed by atoms with Crippen LogP contribution < -0.4 is 0 Å². The molecule has 0 radical (unpaired) electrons. The van der Waals surface area contributed by atoms with Crippen molar-refractivity contribution in [2.24, 2.45) is 0 Å². The summed E-state index contributed by atoms with van der Waals surface area (Å²) in [7, 11) is 0. The van der Waals surface area contributed by atoms with E-state index in [9.17, 15) is 4.79 Å². The summed E-state index contributed by atoms with van der Waals surface area (Å²) in [6.07, 6.45) is 0. The summed E-state index contributed by atoms with van der Waals surface area (Å²) in [5.74, 6) is -0.342. The molecule has 5 heteroatoms. The molecule has 0 atom stereocenters. The molecule has 0 aliphatic heterocycles. The average molecular weight is 198 g/mol. The van der Waals surface area contributed by atoms with Gasteiger partial charge in [0.15, 0.2) is 0 Å². The third-order valence-corrected chi connectivity index (χ3v) is 1.73. The van der Waals surface area contributed by atoms with Crippen molar-refractivity contribution < 1.29 is 14.6 Å². The Morgan fingerprint density at radius 2 is 2.43 bits per heavy atom. The fourth-order valence-corrected chi connectivity index (χ4v) is 1.19. The van der Waals surface area contributed by atoms with Gasteiger partial charge in [-0.3, -0.25) is 9.48 Å². The van der Waals surface area contributed by atoms with Gasteiger partial charge in [-0.1, -0.05) is 0 Å². The molecule has 1 aromatic heterocycles. The zero-order valence-corrected chi connectivity index (χ0v) is 8.36. The Labute approximate surface area is 82.3 Å². The topological polar surface area (TPSA) is 64.4 Å². The van der Waals surface area contributed by atoms with E-state index in [-0.39, 0.29) is 19.1 Å². The van der Waals surface area contributed by atoms with Gasteiger partial charge in [0.05, 0.1) is 24.6 Å². The quantitative estimate of drug-likeness (QED) is 0.704. The van der Waals surface area contributed by atoms with E-state index in [4.69, 9.17) is 9.84 Å². The van der Waals surface area contributed by atoms with Crippen LogP contribution in [0.3, 0.4) is 0 Å². The van der Waals surface area contributed by atoms with E-state index in [1.54, 1.807) is 19.9 Å². The fourth-order valence-electron chi connectivity index (χ4n) is 1.19. The molecule has 1 heterocycles. The molecular formula is C9H14N2O3. The molecule has 1 rings (SSSR count). The van der Waals surface area contributed by atoms with Crippen molar-refractivity contribution in [3.8, 4) is 0 Å². The van der Waals surface area contributed by atoms with E-state index >= 15 is 0 Å². The summed E-state index contributed by atoms with van der Waals surface area (Å²) in [5, 5.41) is 13.0. The first-order chi connectivity index (χ1) is 6.67. The maximum Gasteiger partial charge on any atom is 0.327 e. The van der Waals surface area contributed by atoms with Crippen LogP contribution in [0.2, 0.25) is 0 Å². The SMILES string of the molecule is CCOC(=O)Cn1nc(C)cc1CO. The van der Waals surface area contributed by atoms with Gasteiger partial charge in [0.2, 0.25) is 0 Å². The zero-order valence-electron chi connectivity index (χ0n) is 8.36. The number of carbonyl (C=O) groups is 1. The third-order valence-electron chi connectivity index (χ3n) is 1.73. The van der Waals surface area contributed by atoms with Gasteiger partial charge >= 0.3 is 5.97 Å². The first-order valence-electron chi connectivity index (χ1n) is 4.47. The Morgan fingerprint density at radius 1 is 1.71 bits per heavy atom. The standard InChI is InChI=1S/C9H14N2O3/c1-3-14-9(13)5-11-8(6-12)4-7(2)10-11/h4,12H,3,5-6H2,1-2H3. The van der Waals surface area contributed by atoms with Crippen molar-refractivity contribution >= 4 is 5.97 Å². The molecule has 0 bridgehead atoms. The second-order valence-corrected chi connectivity index (χ2v) is 2.90. The number of hydrogen-bond acceptors (Lipinski definition) is 4. The molecule has 14 heavy (non-hydrogen) atoms. The lowest BCUT2D eigenvalue weighted by atomic mass is 10.4. The summed E-state index contributed by atoms with van der Waals surface area (Å²) < 4.78 is 6.22. The monoisotopic (exact) mass is 198 g/mol. The van der Waals surface area contributed by atoms with Crippen molar-refractivity contribution in [1.29, 1.82) is 0 Å². The van der Waals surface area contributed by atoms with Crippen LogP contribution in [0.25, 0.3) is 0 Å². The molecule has 5 nitrogen and oxygen atoms in total. The van der Waals surface area contributed by atoms with Crippen LogP contribution in [-0.2, 0) is 22.7 Å². The fraction of sp³-hybridized carbons (Fsp3) is 0.556. The normalized spacial score (nSPS) is 10.2. The van der Waals surface area contributed by atoms with Crippen LogP contribution in [0.4, 0.5) is 0 Å². The van der Waals surface area contributed by atoms with E-state index in [0.717, 1.165) is 5.69 Å². The van der Waals surface area contributed by atoms with E-state index in [2.05, 4.69) is 5.10 Å². The minimum Gasteiger partial charge on any atom is -0.465 e. The van der Waals surface area contributed by atoms with Gasteiger partial charge in [-0.2, -0.15) is 5.10 Å². The molecule has 0 saturated heterocycles. The second kappa shape index (κ2) is 4.76.